The number of urea groups is 1. The Morgan fingerprint density at radius 2 is 1.81 bits per heavy atom. The van der Waals surface area contributed by atoms with Crippen LogP contribution < -0.4 is 19.7 Å². The number of carbonyl (C=O) groups excluding carboxylic acids is 3. The van der Waals surface area contributed by atoms with Crippen LogP contribution in [0, 0.1) is 0 Å². The first-order valence-electron chi connectivity index (χ1n) is 9.90. The second kappa shape index (κ2) is 9.66. The Labute approximate surface area is 185 Å². The lowest BCUT2D eigenvalue weighted by molar-refractivity contribution is -0.122. The number of hydrogen-bond acceptors (Lipinski definition) is 5. The largest absolute Gasteiger partial charge is 0.494 e. The van der Waals surface area contributed by atoms with E-state index >= 15 is 0 Å². The van der Waals surface area contributed by atoms with Crippen molar-refractivity contribution < 1.29 is 23.9 Å². The molecule has 2 aromatic carbocycles. The molecule has 0 radical (unpaired) electrons. The summed E-state index contributed by atoms with van der Waals surface area (Å²) >= 11 is 6.10. The van der Waals surface area contributed by atoms with Gasteiger partial charge in [-0.2, -0.15) is 0 Å². The maximum absolute atomic E-state index is 13.1. The Morgan fingerprint density at radius 3 is 2.45 bits per heavy atom. The third-order valence-electron chi connectivity index (χ3n) is 4.30. The molecule has 1 aliphatic rings. The third kappa shape index (κ3) is 5.24. The van der Waals surface area contributed by atoms with Crippen LogP contribution >= 0.6 is 11.6 Å². The zero-order valence-corrected chi connectivity index (χ0v) is 18.2. The first kappa shape index (κ1) is 22.4. The van der Waals surface area contributed by atoms with E-state index in [9.17, 15) is 14.4 Å². The fraction of sp³-hybridized carbons (Fsp3) is 0.261. The van der Waals surface area contributed by atoms with E-state index in [2.05, 4.69) is 5.32 Å². The van der Waals surface area contributed by atoms with Gasteiger partial charge in [-0.1, -0.05) is 18.5 Å². The molecule has 162 valence electrons. The van der Waals surface area contributed by atoms with Gasteiger partial charge in [0.25, 0.3) is 11.8 Å². The normalized spacial score (nSPS) is 15.5. The predicted octanol–water partition coefficient (Wildman–Crippen LogP) is 4.58. The molecule has 0 aromatic heterocycles. The maximum atomic E-state index is 13.1. The summed E-state index contributed by atoms with van der Waals surface area (Å²) in [4.78, 5) is 38.9. The van der Waals surface area contributed by atoms with E-state index in [1.807, 2.05) is 20.8 Å². The summed E-state index contributed by atoms with van der Waals surface area (Å²) in [5, 5.41) is 2.62. The molecular formula is C23H23ClN2O5. The standard InChI is InChI=1S/C23H23ClN2O5/c1-4-11-30-18-8-6-17(7-9-18)26-22(28)19(21(27)25-23(26)29)13-15-12-16(24)5-10-20(15)31-14(2)3/h5-10,12-14H,4,11H2,1-3H3,(H,25,27,29)/b19-13-. The highest BCUT2D eigenvalue weighted by molar-refractivity contribution is 6.39. The molecule has 7 nitrogen and oxygen atoms in total. The van der Waals surface area contributed by atoms with Crippen molar-refractivity contribution in [2.45, 2.75) is 33.3 Å². The predicted molar refractivity (Wildman–Crippen MR) is 118 cm³/mol. The molecule has 1 aliphatic heterocycles. The van der Waals surface area contributed by atoms with Gasteiger partial charge in [0.15, 0.2) is 0 Å². The Balaban J connectivity index is 1.96. The number of carbonyl (C=O) groups is 3. The zero-order chi connectivity index (χ0) is 22.5. The number of imide groups is 2. The van der Waals surface area contributed by atoms with Crippen LogP contribution in [0.15, 0.2) is 48.0 Å². The number of barbiturate groups is 1. The molecule has 0 bridgehead atoms. The van der Waals surface area contributed by atoms with Crippen LogP contribution in [0.4, 0.5) is 10.5 Å². The van der Waals surface area contributed by atoms with E-state index in [-0.39, 0.29) is 11.7 Å². The minimum Gasteiger partial charge on any atom is -0.494 e. The fourth-order valence-corrected chi connectivity index (χ4v) is 3.13. The van der Waals surface area contributed by atoms with Gasteiger partial charge in [-0.3, -0.25) is 14.9 Å². The van der Waals surface area contributed by atoms with E-state index in [0.29, 0.717) is 34.4 Å². The van der Waals surface area contributed by atoms with Gasteiger partial charge in [0, 0.05) is 10.6 Å². The second-order valence-corrected chi connectivity index (χ2v) is 7.59. The summed E-state index contributed by atoms with van der Waals surface area (Å²) in [6.45, 7) is 6.27. The van der Waals surface area contributed by atoms with Crippen LogP contribution in [0.3, 0.4) is 0 Å². The van der Waals surface area contributed by atoms with Gasteiger partial charge in [-0.25, -0.2) is 9.69 Å². The molecule has 0 spiro atoms. The van der Waals surface area contributed by atoms with Crippen molar-refractivity contribution in [3.8, 4) is 11.5 Å². The molecule has 31 heavy (non-hydrogen) atoms. The Hall–Kier alpha value is -3.32. The number of rotatable bonds is 7. The van der Waals surface area contributed by atoms with E-state index < -0.39 is 17.8 Å². The number of amides is 4. The lowest BCUT2D eigenvalue weighted by Crippen LogP contribution is -2.54. The first-order valence-corrected chi connectivity index (χ1v) is 10.3. The van der Waals surface area contributed by atoms with E-state index in [0.717, 1.165) is 11.3 Å². The Bertz CT molecular complexity index is 1030. The minimum absolute atomic E-state index is 0.124. The van der Waals surface area contributed by atoms with Crippen LogP contribution in [-0.4, -0.2) is 30.6 Å². The van der Waals surface area contributed by atoms with Gasteiger partial charge < -0.3 is 9.47 Å². The van der Waals surface area contributed by atoms with Gasteiger partial charge >= 0.3 is 6.03 Å². The van der Waals surface area contributed by atoms with E-state index in [4.69, 9.17) is 21.1 Å². The smallest absolute Gasteiger partial charge is 0.335 e. The fourth-order valence-electron chi connectivity index (χ4n) is 2.95. The average molecular weight is 443 g/mol. The van der Waals surface area contributed by atoms with Gasteiger partial charge in [0.1, 0.15) is 17.1 Å². The molecule has 2 aromatic rings. The maximum Gasteiger partial charge on any atom is 0.335 e. The van der Waals surface area contributed by atoms with Crippen molar-refractivity contribution in [1.29, 1.82) is 0 Å². The monoisotopic (exact) mass is 442 g/mol. The van der Waals surface area contributed by atoms with Crippen molar-refractivity contribution in [2.75, 3.05) is 11.5 Å². The van der Waals surface area contributed by atoms with Crippen LogP contribution in [0.25, 0.3) is 6.08 Å². The molecule has 1 heterocycles. The number of halogens is 1. The number of ether oxygens (including phenoxy) is 2. The summed E-state index contributed by atoms with van der Waals surface area (Å²) in [7, 11) is 0. The topological polar surface area (TPSA) is 84.9 Å². The third-order valence-corrected chi connectivity index (χ3v) is 4.54. The van der Waals surface area contributed by atoms with Crippen LogP contribution in [0.5, 0.6) is 11.5 Å². The minimum atomic E-state index is -0.820. The number of anilines is 1. The highest BCUT2D eigenvalue weighted by atomic mass is 35.5. The molecule has 4 amide bonds. The second-order valence-electron chi connectivity index (χ2n) is 7.15. The summed E-state index contributed by atoms with van der Waals surface area (Å²) in [6.07, 6.45) is 2.11. The van der Waals surface area contributed by atoms with Crippen LogP contribution in [0.2, 0.25) is 5.02 Å². The van der Waals surface area contributed by atoms with Crippen molar-refractivity contribution in [3.63, 3.8) is 0 Å². The van der Waals surface area contributed by atoms with Gasteiger partial charge in [-0.15, -0.1) is 0 Å². The van der Waals surface area contributed by atoms with Crippen LogP contribution in [-0.2, 0) is 9.59 Å². The summed E-state index contributed by atoms with van der Waals surface area (Å²) in [5.41, 5.74) is 0.564. The summed E-state index contributed by atoms with van der Waals surface area (Å²) < 4.78 is 11.3. The summed E-state index contributed by atoms with van der Waals surface area (Å²) in [5.74, 6) is -0.443. The molecular weight excluding hydrogens is 420 g/mol. The Kier molecular flexibility index (Phi) is 6.97. The van der Waals surface area contributed by atoms with Crippen molar-refractivity contribution >= 4 is 41.2 Å². The number of nitrogens with zero attached hydrogens (tertiary/aromatic N) is 1. The highest BCUT2D eigenvalue weighted by Gasteiger charge is 2.37. The average Bonchev–Trinajstić information content (AvgIpc) is 2.72. The molecule has 0 saturated carbocycles. The molecule has 0 aliphatic carbocycles. The van der Waals surface area contributed by atoms with Crippen molar-refractivity contribution in [1.82, 2.24) is 5.32 Å². The molecule has 1 N–H and O–H groups in total. The van der Waals surface area contributed by atoms with E-state index in [1.165, 1.54) is 6.08 Å². The Morgan fingerprint density at radius 1 is 1.10 bits per heavy atom. The first-order chi connectivity index (χ1) is 14.8. The quantitative estimate of drug-likeness (QED) is 0.501. The molecule has 0 atom stereocenters. The number of benzene rings is 2. The lowest BCUT2D eigenvalue weighted by atomic mass is 10.1. The molecule has 8 heteroatoms. The zero-order valence-electron chi connectivity index (χ0n) is 17.5. The SMILES string of the molecule is CCCOc1ccc(N2C(=O)NC(=O)/C(=C/c3cc(Cl)ccc3OC(C)C)C2=O)cc1. The van der Waals surface area contributed by atoms with Crippen LogP contribution in [0.1, 0.15) is 32.8 Å². The van der Waals surface area contributed by atoms with E-state index in [1.54, 1.807) is 42.5 Å². The number of hydrogen-bond donors (Lipinski definition) is 1. The molecule has 3 rings (SSSR count). The summed E-state index contributed by atoms with van der Waals surface area (Å²) in [6, 6.07) is 10.6. The number of nitrogens with one attached hydrogen (secondary N) is 1. The van der Waals surface area contributed by atoms with Crippen molar-refractivity contribution in [3.05, 3.63) is 58.6 Å². The van der Waals surface area contributed by atoms with Gasteiger partial charge in [-0.05, 0) is 68.8 Å². The molecule has 0 unspecified atom stereocenters. The highest BCUT2D eigenvalue weighted by Crippen LogP contribution is 2.29. The van der Waals surface area contributed by atoms with Gasteiger partial charge in [0.05, 0.1) is 18.4 Å². The lowest BCUT2D eigenvalue weighted by Gasteiger charge is -2.26. The molecule has 1 fully saturated rings. The van der Waals surface area contributed by atoms with Gasteiger partial charge in [0.2, 0.25) is 0 Å². The molecule has 1 saturated heterocycles. The van der Waals surface area contributed by atoms with Crippen molar-refractivity contribution in [2.24, 2.45) is 0 Å².